The van der Waals surface area contributed by atoms with Gasteiger partial charge in [-0.1, -0.05) is 24.1 Å². The fourth-order valence-corrected chi connectivity index (χ4v) is 2.29. The molecule has 1 aliphatic heterocycles. The molecule has 0 aliphatic carbocycles. The van der Waals surface area contributed by atoms with Crippen molar-refractivity contribution in [1.29, 1.82) is 0 Å². The Balaban J connectivity index is 2.17. The minimum Gasteiger partial charge on any atom is -0.264 e. The highest BCUT2D eigenvalue weighted by molar-refractivity contribution is 7.97. The third kappa shape index (κ3) is 1.62. The molecule has 1 unspecified atom stereocenters. The molecule has 0 saturated carbocycles. The fraction of sp³-hybridized carbons (Fsp3) is 0.333. The fourth-order valence-electron chi connectivity index (χ4n) is 1.32. The van der Waals surface area contributed by atoms with E-state index in [0.29, 0.717) is 5.25 Å². The van der Waals surface area contributed by atoms with E-state index in [-0.39, 0.29) is 5.82 Å². The van der Waals surface area contributed by atoms with Crippen LogP contribution in [0.1, 0.15) is 17.2 Å². The van der Waals surface area contributed by atoms with Gasteiger partial charge in [0.1, 0.15) is 5.82 Å². The van der Waals surface area contributed by atoms with Crippen LogP contribution in [0.5, 0.6) is 0 Å². The summed E-state index contributed by atoms with van der Waals surface area (Å²) in [6.07, 6.45) is 1.14. The average Bonchev–Trinajstić information content (AvgIpc) is 2.58. The summed E-state index contributed by atoms with van der Waals surface area (Å²) in [6, 6.07) is 6.77. The lowest BCUT2D eigenvalue weighted by Crippen LogP contribution is -1.91. The Labute approximate surface area is 75.5 Å². The van der Waals surface area contributed by atoms with E-state index in [1.165, 1.54) is 17.7 Å². The van der Waals surface area contributed by atoms with Crippen LogP contribution in [0, 0.1) is 5.82 Å². The average molecular weight is 183 g/mol. The molecule has 1 nitrogen and oxygen atoms in total. The van der Waals surface area contributed by atoms with Gasteiger partial charge in [-0.3, -0.25) is 4.72 Å². The standard InChI is InChI=1S/C9H10FNS/c10-8-3-1-7(2-4-8)9-5-6-11-12-9/h1-4,9,11H,5-6H2. The summed E-state index contributed by atoms with van der Waals surface area (Å²) in [7, 11) is 0. The van der Waals surface area contributed by atoms with E-state index in [1.807, 2.05) is 12.1 Å². The van der Waals surface area contributed by atoms with Gasteiger partial charge in [0, 0.05) is 11.8 Å². The third-order valence-corrected chi connectivity index (χ3v) is 3.14. The zero-order chi connectivity index (χ0) is 8.39. The lowest BCUT2D eigenvalue weighted by molar-refractivity contribution is 0.626. The van der Waals surface area contributed by atoms with Crippen molar-refractivity contribution in [2.75, 3.05) is 6.54 Å². The molecule has 2 rings (SSSR count). The van der Waals surface area contributed by atoms with Gasteiger partial charge < -0.3 is 0 Å². The predicted molar refractivity (Wildman–Crippen MR) is 49.4 cm³/mol. The molecule has 0 bridgehead atoms. The Hall–Kier alpha value is -0.540. The van der Waals surface area contributed by atoms with Crippen molar-refractivity contribution < 1.29 is 4.39 Å². The van der Waals surface area contributed by atoms with Gasteiger partial charge in [-0.2, -0.15) is 0 Å². The van der Waals surface area contributed by atoms with Crippen LogP contribution in [0.4, 0.5) is 4.39 Å². The van der Waals surface area contributed by atoms with E-state index in [0.717, 1.165) is 13.0 Å². The predicted octanol–water partition coefficient (Wildman–Crippen LogP) is 2.51. The summed E-state index contributed by atoms with van der Waals surface area (Å²) in [5.41, 5.74) is 1.21. The second-order valence-electron chi connectivity index (χ2n) is 2.84. The van der Waals surface area contributed by atoms with Crippen LogP contribution in [0.15, 0.2) is 24.3 Å². The smallest absolute Gasteiger partial charge is 0.123 e. The van der Waals surface area contributed by atoms with Crippen molar-refractivity contribution in [3.05, 3.63) is 35.6 Å². The van der Waals surface area contributed by atoms with Crippen LogP contribution in [-0.2, 0) is 0 Å². The maximum Gasteiger partial charge on any atom is 0.123 e. The van der Waals surface area contributed by atoms with Gasteiger partial charge in [-0.25, -0.2) is 4.39 Å². The molecule has 1 aromatic carbocycles. The minimum atomic E-state index is -0.158. The van der Waals surface area contributed by atoms with Crippen molar-refractivity contribution in [2.45, 2.75) is 11.7 Å². The Kier molecular flexibility index (Phi) is 2.33. The molecule has 0 amide bonds. The zero-order valence-corrected chi connectivity index (χ0v) is 7.40. The van der Waals surface area contributed by atoms with Gasteiger partial charge in [0.05, 0.1) is 0 Å². The largest absolute Gasteiger partial charge is 0.264 e. The number of benzene rings is 1. The molecule has 1 N–H and O–H groups in total. The summed E-state index contributed by atoms with van der Waals surface area (Å²) in [5, 5.41) is 0.505. The van der Waals surface area contributed by atoms with Gasteiger partial charge in [-0.05, 0) is 24.1 Å². The number of rotatable bonds is 1. The minimum absolute atomic E-state index is 0.158. The van der Waals surface area contributed by atoms with E-state index in [4.69, 9.17) is 0 Å². The molecule has 3 heteroatoms. The van der Waals surface area contributed by atoms with Gasteiger partial charge in [0.15, 0.2) is 0 Å². The van der Waals surface area contributed by atoms with Crippen molar-refractivity contribution in [1.82, 2.24) is 4.72 Å². The molecule has 0 aromatic heterocycles. The highest BCUT2D eigenvalue weighted by Crippen LogP contribution is 2.33. The Morgan fingerprint density at radius 3 is 2.67 bits per heavy atom. The monoisotopic (exact) mass is 183 g/mol. The van der Waals surface area contributed by atoms with Gasteiger partial charge in [0.2, 0.25) is 0 Å². The summed E-state index contributed by atoms with van der Waals surface area (Å²) in [4.78, 5) is 0. The molecule has 0 spiro atoms. The molecule has 1 aliphatic rings. The summed E-state index contributed by atoms with van der Waals surface area (Å²) >= 11 is 1.73. The molecular weight excluding hydrogens is 173 g/mol. The first-order valence-corrected chi connectivity index (χ1v) is 4.88. The molecule has 12 heavy (non-hydrogen) atoms. The first-order valence-electron chi connectivity index (χ1n) is 4.00. The van der Waals surface area contributed by atoms with Crippen LogP contribution in [-0.4, -0.2) is 6.54 Å². The molecule has 64 valence electrons. The van der Waals surface area contributed by atoms with E-state index in [1.54, 1.807) is 11.9 Å². The van der Waals surface area contributed by atoms with E-state index >= 15 is 0 Å². The molecule has 1 heterocycles. The number of halogens is 1. The molecular formula is C9H10FNS. The van der Waals surface area contributed by atoms with Crippen LogP contribution in [0.3, 0.4) is 0 Å². The van der Waals surface area contributed by atoms with Gasteiger partial charge in [0.25, 0.3) is 0 Å². The SMILES string of the molecule is Fc1ccc(C2CCNS2)cc1. The van der Waals surface area contributed by atoms with E-state index < -0.39 is 0 Å². The summed E-state index contributed by atoms with van der Waals surface area (Å²) < 4.78 is 15.8. The number of hydrogen-bond donors (Lipinski definition) is 1. The van der Waals surface area contributed by atoms with E-state index in [2.05, 4.69) is 4.72 Å². The lowest BCUT2D eigenvalue weighted by Gasteiger charge is -2.06. The Morgan fingerprint density at radius 1 is 1.33 bits per heavy atom. The van der Waals surface area contributed by atoms with Crippen LogP contribution in [0.25, 0.3) is 0 Å². The van der Waals surface area contributed by atoms with Crippen LogP contribution >= 0.6 is 11.9 Å². The molecule has 1 atom stereocenters. The van der Waals surface area contributed by atoms with Gasteiger partial charge in [-0.15, -0.1) is 0 Å². The quantitative estimate of drug-likeness (QED) is 0.671. The van der Waals surface area contributed by atoms with Crippen LogP contribution in [0.2, 0.25) is 0 Å². The molecule has 0 radical (unpaired) electrons. The number of nitrogens with one attached hydrogen (secondary N) is 1. The van der Waals surface area contributed by atoms with Crippen molar-refractivity contribution in [3.63, 3.8) is 0 Å². The second-order valence-corrected chi connectivity index (χ2v) is 3.93. The van der Waals surface area contributed by atoms with Crippen LogP contribution < -0.4 is 4.72 Å². The summed E-state index contributed by atoms with van der Waals surface area (Å²) in [5.74, 6) is -0.158. The topological polar surface area (TPSA) is 12.0 Å². The first kappa shape index (κ1) is 8.08. The van der Waals surface area contributed by atoms with Gasteiger partial charge >= 0.3 is 0 Å². The Bertz CT molecular complexity index is 254. The lowest BCUT2D eigenvalue weighted by atomic mass is 10.1. The zero-order valence-electron chi connectivity index (χ0n) is 6.59. The molecule has 1 fully saturated rings. The third-order valence-electron chi connectivity index (χ3n) is 1.98. The first-order chi connectivity index (χ1) is 5.86. The normalized spacial score (nSPS) is 22.9. The van der Waals surface area contributed by atoms with E-state index in [9.17, 15) is 4.39 Å². The summed E-state index contributed by atoms with van der Waals surface area (Å²) in [6.45, 7) is 1.05. The molecule has 1 aromatic rings. The Morgan fingerprint density at radius 2 is 2.08 bits per heavy atom. The van der Waals surface area contributed by atoms with Crippen molar-refractivity contribution in [2.24, 2.45) is 0 Å². The molecule has 1 saturated heterocycles. The number of hydrogen-bond acceptors (Lipinski definition) is 2. The maximum absolute atomic E-state index is 12.6. The maximum atomic E-state index is 12.6. The highest BCUT2D eigenvalue weighted by Gasteiger charge is 2.16. The second kappa shape index (κ2) is 3.46. The highest BCUT2D eigenvalue weighted by atomic mass is 32.2. The van der Waals surface area contributed by atoms with Crippen molar-refractivity contribution in [3.8, 4) is 0 Å². The van der Waals surface area contributed by atoms with Crippen molar-refractivity contribution >= 4 is 11.9 Å².